The van der Waals surface area contributed by atoms with Crippen molar-refractivity contribution in [2.45, 2.75) is 169 Å². The zero-order chi connectivity index (χ0) is 86.6. The van der Waals surface area contributed by atoms with Crippen molar-refractivity contribution in [3.63, 3.8) is 0 Å². The van der Waals surface area contributed by atoms with Crippen molar-refractivity contribution in [2.75, 3.05) is 20.7 Å². The second-order valence-corrected chi connectivity index (χ2v) is 28.8. The molecule has 7 aliphatic heterocycles. The van der Waals surface area contributed by atoms with Crippen LogP contribution in [0, 0.1) is 5.92 Å². The number of carboxylic acids is 3. The summed E-state index contributed by atoms with van der Waals surface area (Å²) < 4.78 is 102. The lowest BCUT2D eigenvalue weighted by atomic mass is 9.86. The lowest BCUT2D eigenvalue weighted by Crippen LogP contribution is -2.64. The van der Waals surface area contributed by atoms with Gasteiger partial charge in [0, 0.05) is 34.7 Å². The third-order valence-electron chi connectivity index (χ3n) is 18.5. The summed E-state index contributed by atoms with van der Waals surface area (Å²) >= 11 is 14.1. The number of carbonyl (C=O) groups is 10. The Kier molecular flexibility index (Phi) is 28.7. The van der Waals surface area contributed by atoms with Crippen LogP contribution >= 0.6 is 23.2 Å². The number of aliphatic hydroxyl groups excluding tert-OH is 6. The summed E-state index contributed by atoms with van der Waals surface area (Å²) in [4.78, 5) is 137. The van der Waals surface area contributed by atoms with Gasteiger partial charge in [-0.15, -0.1) is 0 Å². The van der Waals surface area contributed by atoms with Gasteiger partial charge in [-0.2, -0.15) is 26.3 Å². The highest BCUT2D eigenvalue weighted by atomic mass is 35.5. The molecule has 632 valence electrons. The molecule has 2 saturated heterocycles. The average Bonchev–Trinajstić information content (AvgIpc) is 0.767. The molecule has 7 amide bonds. The first-order chi connectivity index (χ1) is 53.9. The number of benzene rings is 5. The molecule has 0 aromatic heterocycles. The lowest BCUT2D eigenvalue weighted by molar-refractivity contribution is -0.333. The number of nitrogens with zero attached hydrogens (tertiary/aromatic N) is 1. The maximum absolute atomic E-state index is 16.0. The number of carboxylic acid groups (broad SMARTS) is 3. The van der Waals surface area contributed by atoms with Crippen molar-refractivity contribution in [3.8, 4) is 57.1 Å². The number of rotatable bonds is 13. The Morgan fingerprint density at radius 1 is 0.672 bits per heavy atom. The first-order valence-corrected chi connectivity index (χ1v) is 35.2. The lowest BCUT2D eigenvalue weighted by Gasteiger charge is -2.47. The number of nitrogens with one attached hydrogen (secondary N) is 6. The molecule has 7 aliphatic rings. The summed E-state index contributed by atoms with van der Waals surface area (Å²) in [6.07, 6.45) is -28.7. The first-order valence-electron chi connectivity index (χ1n) is 34.5. The fourth-order valence-electron chi connectivity index (χ4n) is 12.7. The van der Waals surface area contributed by atoms with Crippen LogP contribution in [-0.2, 0) is 62.2 Å². The summed E-state index contributed by atoms with van der Waals surface area (Å²) in [5.41, 5.74) is 8.04. The van der Waals surface area contributed by atoms with Crippen LogP contribution in [0.4, 0.5) is 26.3 Å². The minimum absolute atomic E-state index is 0.0929. The van der Waals surface area contributed by atoms with Crippen LogP contribution in [0.1, 0.15) is 105 Å². The van der Waals surface area contributed by atoms with Crippen molar-refractivity contribution >= 4 is 82.5 Å². The van der Waals surface area contributed by atoms with Crippen molar-refractivity contribution in [1.82, 2.24) is 36.8 Å². The minimum atomic E-state index is -5.08. The number of ether oxygens (including phenoxy) is 6. The molecule has 12 rings (SSSR count). The van der Waals surface area contributed by atoms with Crippen molar-refractivity contribution in [3.05, 3.63) is 117 Å². The molecule has 0 radical (unpaired) electrons. The molecule has 22 N–H and O–H groups in total. The van der Waals surface area contributed by atoms with Crippen LogP contribution < -0.4 is 57.6 Å². The number of carbonyl (C=O) groups excluding carboxylic acids is 7. The Bertz CT molecular complexity index is 4560. The summed E-state index contributed by atoms with van der Waals surface area (Å²) in [6.45, 7) is 5.70. The molecule has 0 saturated carbocycles. The number of aromatic hydroxyl groups is 3. The molecule has 0 aliphatic carbocycles. The van der Waals surface area contributed by atoms with Gasteiger partial charge in [0.15, 0.2) is 29.9 Å². The van der Waals surface area contributed by atoms with E-state index in [1.54, 1.807) is 19.0 Å². The SMILES string of the molecule is CC(C)C[C@H](C(=O)N[C@H]1C(=O)N[C@@H](CC(N)=O)C(=O)N[C@H]2C(=O)N[C@H]3C(=O)N[C@H](C(=O)N[C@H](C(=O)O)c4cc(O)cc(O)c4-c4cc3ccc4O)[C@H](O)c3ccc(c(Cl)c3)Oc3cc2cc(c3O[C@@H]2O[C@H](CO)[C@@H](O)[C@H](O)[C@H]2O[C@H]2C[C@](C)(N)[C@H](O)[C@H](C)O2)Oc2ccc(cc2Cl)[C@H]1O)N(C)C.O=C(O)C(F)(F)F.O=C(O)C(F)(F)F. The van der Waals surface area contributed by atoms with Crippen LogP contribution in [0.2, 0.25) is 10.0 Å². The Morgan fingerprint density at radius 3 is 1.72 bits per heavy atom. The molecule has 2 fully saturated rings. The Labute approximate surface area is 661 Å². The standard InChI is InChI=1S/C67H77Cl2N9O24.2C2HF3O2/c1-24(2)13-36(78(5)6)60(90)76-50-52(84)27-8-11-39(33(68)15-27)98-41-17-29-18-42(56(41)102-66-57(55(87)54(86)43(23-79)100-66)101-45-22-67(4,71)58(88)25(3)97-45)99-40-12-9-28(16-34(40)69)53(85)51-64(94)75-49(65(95)96)32-19-30(80)20-38(82)46(32)31-14-26(7-10-37(31)81)47(61(91)77-51)74-62(92)48(29)73-59(89)35(21-44(70)83)72-63(50)93;2*3-2(4,5)1(6)7/h7-12,14-20,24-25,35-36,43,45,47-55,57-58,66,79-82,84-88H,13,21-23,71H2,1-6H3,(H2,70,83)(H,72,93)(H,73,89)(H,74,92)(H,75,94)(H,76,90)(H,77,91)(H,95,96);2*(H,6,7)/t25-,35-,36+,43+,45-,47+,48+,49-,50+,51-,52+,53+,54+,55-,57+,58+,66-,67-;;/m0../s1. The molecule has 11 bridgehead atoms. The van der Waals surface area contributed by atoms with Crippen LogP contribution in [0.3, 0.4) is 0 Å². The molecule has 0 unspecified atom stereocenters. The molecule has 7 heterocycles. The smallest absolute Gasteiger partial charge is 0.490 e. The number of aliphatic hydroxyl groups is 6. The summed E-state index contributed by atoms with van der Waals surface area (Å²) in [5, 5.41) is 142. The molecule has 18 atom stereocenters. The van der Waals surface area contributed by atoms with Gasteiger partial charge < -0.3 is 133 Å². The van der Waals surface area contributed by atoms with Gasteiger partial charge in [0.2, 0.25) is 53.4 Å². The minimum Gasteiger partial charge on any atom is -0.508 e. The van der Waals surface area contributed by atoms with E-state index in [0.29, 0.717) is 0 Å². The maximum atomic E-state index is 16.0. The van der Waals surface area contributed by atoms with Gasteiger partial charge in [0.25, 0.3) is 0 Å². The highest BCUT2D eigenvalue weighted by Crippen LogP contribution is 2.50. The van der Waals surface area contributed by atoms with E-state index in [2.05, 4.69) is 31.9 Å². The number of alkyl halides is 6. The van der Waals surface area contributed by atoms with E-state index in [1.807, 2.05) is 13.8 Å². The van der Waals surface area contributed by atoms with Crippen LogP contribution in [0.15, 0.2) is 78.9 Å². The van der Waals surface area contributed by atoms with E-state index in [0.717, 1.165) is 66.7 Å². The predicted molar refractivity (Wildman–Crippen MR) is 381 cm³/mol. The fourth-order valence-corrected chi connectivity index (χ4v) is 13.1. The Morgan fingerprint density at radius 2 is 1.21 bits per heavy atom. The second kappa shape index (κ2) is 36.6. The number of nitrogens with two attached hydrogens (primary N) is 2. The molecule has 0 spiro atoms. The van der Waals surface area contributed by atoms with Crippen LogP contribution in [0.25, 0.3) is 11.1 Å². The van der Waals surface area contributed by atoms with Crippen molar-refractivity contribution < 1.29 is 164 Å². The summed E-state index contributed by atoms with van der Waals surface area (Å²) in [6, 6.07) is -0.588. The number of phenolic OH excluding ortho intramolecular Hbond substituents is 3. The zero-order valence-electron chi connectivity index (χ0n) is 61.3. The van der Waals surface area contributed by atoms with Gasteiger partial charge in [-0.25, -0.2) is 14.4 Å². The van der Waals surface area contributed by atoms with Crippen LogP contribution in [-0.4, -0.2) is 237 Å². The molecule has 5 aromatic carbocycles. The van der Waals surface area contributed by atoms with Gasteiger partial charge in [0.05, 0.1) is 41.3 Å². The van der Waals surface area contributed by atoms with E-state index in [-0.39, 0.29) is 46.2 Å². The highest BCUT2D eigenvalue weighted by molar-refractivity contribution is 6.32. The zero-order valence-corrected chi connectivity index (χ0v) is 62.8. The predicted octanol–water partition coefficient (Wildman–Crippen LogP) is 1.72. The fraction of sp³-hybridized carbons (Fsp3) is 0.437. The number of phenols is 3. The molecule has 37 nitrogen and oxygen atoms in total. The number of aliphatic carboxylic acids is 3. The molecule has 116 heavy (non-hydrogen) atoms. The number of hydrogen-bond acceptors (Lipinski definition) is 27. The number of halogens is 8. The first kappa shape index (κ1) is 90.9. The van der Waals surface area contributed by atoms with Gasteiger partial charge in [-0.05, 0) is 117 Å². The Balaban J connectivity index is 0.00000110. The highest BCUT2D eigenvalue weighted by Gasteiger charge is 2.52. The van der Waals surface area contributed by atoms with Crippen molar-refractivity contribution in [1.29, 1.82) is 0 Å². The molecule has 5 aromatic rings. The number of amides is 7. The van der Waals surface area contributed by atoms with E-state index in [9.17, 15) is 101 Å². The van der Waals surface area contributed by atoms with Gasteiger partial charge in [-0.1, -0.05) is 55.2 Å². The number of hydrogen-bond donors (Lipinski definition) is 20. The maximum Gasteiger partial charge on any atom is 0.490 e. The Hall–Kier alpha value is -10.7. The largest absolute Gasteiger partial charge is 0.508 e. The van der Waals surface area contributed by atoms with E-state index >= 15 is 14.4 Å². The molecule has 45 heteroatoms. The number of likely N-dealkylation sites (N-methyl/N-ethyl adjacent to an activating group) is 1. The summed E-state index contributed by atoms with van der Waals surface area (Å²) in [7, 11) is 3.19. The number of primary amides is 1. The quantitative estimate of drug-likeness (QED) is 0.0746. The average molecular weight is 1690 g/mol. The van der Waals surface area contributed by atoms with Gasteiger partial charge in [-0.3, -0.25) is 38.5 Å². The topological polar surface area (TPSA) is 596 Å². The van der Waals surface area contributed by atoms with Gasteiger partial charge in [0.1, 0.15) is 89.5 Å². The van der Waals surface area contributed by atoms with Gasteiger partial charge >= 0.3 is 30.3 Å². The second-order valence-electron chi connectivity index (χ2n) is 28.0. The normalized spacial score (nSPS) is 27.1. The third kappa shape index (κ3) is 21.3. The monoisotopic (exact) mass is 1690 g/mol. The van der Waals surface area contributed by atoms with Crippen molar-refractivity contribution in [2.24, 2.45) is 17.4 Å². The molecular formula is C71H79Cl2F6N9O28. The van der Waals surface area contributed by atoms with E-state index in [4.69, 9.17) is 82.9 Å². The van der Waals surface area contributed by atoms with E-state index < -0.39 is 261 Å². The summed E-state index contributed by atoms with van der Waals surface area (Å²) in [5.74, 6) is -21.4. The number of fused-ring (bicyclic) bond motifs is 15. The van der Waals surface area contributed by atoms with E-state index in [1.165, 1.54) is 26.0 Å². The van der Waals surface area contributed by atoms with Crippen LogP contribution in [0.5, 0.6) is 46.0 Å². The molecular weight excluding hydrogens is 1610 g/mol. The third-order valence-corrected chi connectivity index (χ3v) is 19.1.